The van der Waals surface area contributed by atoms with Gasteiger partial charge in [0, 0.05) is 11.8 Å². The zero-order valence-electron chi connectivity index (χ0n) is 11.0. The second-order valence-corrected chi connectivity index (χ2v) is 6.68. The second-order valence-electron chi connectivity index (χ2n) is 4.97. The van der Waals surface area contributed by atoms with Gasteiger partial charge in [0.05, 0.1) is 22.7 Å². The first-order chi connectivity index (χ1) is 9.49. The van der Waals surface area contributed by atoms with Crippen molar-refractivity contribution in [2.45, 2.75) is 19.3 Å². The van der Waals surface area contributed by atoms with E-state index < -0.39 is 0 Å². The predicted molar refractivity (Wildman–Crippen MR) is 83.6 cm³/mol. The molecule has 1 fully saturated rings. The molecule has 0 spiro atoms. The molecule has 7 heteroatoms. The number of nitrogens with two attached hydrogens (primary N) is 1. The Balaban J connectivity index is 2.03. The van der Waals surface area contributed by atoms with Gasteiger partial charge in [-0.2, -0.15) is 0 Å². The quantitative estimate of drug-likeness (QED) is 0.327. The van der Waals surface area contributed by atoms with Crippen molar-refractivity contribution in [3.8, 4) is 11.5 Å². The van der Waals surface area contributed by atoms with Crippen LogP contribution in [0, 0.1) is 5.41 Å². The van der Waals surface area contributed by atoms with E-state index in [1.807, 2.05) is 12.1 Å². The monoisotopic (exact) mass is 406 g/mol. The van der Waals surface area contributed by atoms with Crippen LogP contribution in [0.15, 0.2) is 26.2 Å². The summed E-state index contributed by atoms with van der Waals surface area (Å²) < 4.78 is 12.7. The van der Waals surface area contributed by atoms with Crippen LogP contribution in [-0.4, -0.2) is 24.8 Å². The maximum Gasteiger partial charge on any atom is 0.139 e. The van der Waals surface area contributed by atoms with Crippen LogP contribution in [-0.2, 0) is 0 Å². The molecule has 0 atom stereocenters. The Labute approximate surface area is 134 Å². The van der Waals surface area contributed by atoms with E-state index in [2.05, 4.69) is 37.0 Å². The Bertz CT molecular complexity index is 531. The van der Waals surface area contributed by atoms with Crippen molar-refractivity contribution in [1.82, 2.24) is 0 Å². The van der Waals surface area contributed by atoms with Crippen LogP contribution in [0.4, 0.5) is 0 Å². The van der Waals surface area contributed by atoms with Gasteiger partial charge in [0.2, 0.25) is 0 Å². The van der Waals surface area contributed by atoms with Crippen LogP contribution >= 0.6 is 31.9 Å². The topological polar surface area (TPSA) is 77.1 Å². The molecule has 20 heavy (non-hydrogen) atoms. The van der Waals surface area contributed by atoms with Gasteiger partial charge in [-0.25, -0.2) is 0 Å². The molecule has 0 amide bonds. The zero-order chi connectivity index (χ0) is 14.8. The van der Waals surface area contributed by atoms with Gasteiger partial charge < -0.3 is 20.4 Å². The summed E-state index contributed by atoms with van der Waals surface area (Å²) in [5, 5.41) is 11.7. The largest absolute Gasteiger partial charge is 0.496 e. The third-order valence-corrected chi connectivity index (χ3v) is 4.62. The minimum Gasteiger partial charge on any atom is -0.496 e. The van der Waals surface area contributed by atoms with Gasteiger partial charge in [-0.1, -0.05) is 5.16 Å². The summed E-state index contributed by atoms with van der Waals surface area (Å²) >= 11 is 6.89. The van der Waals surface area contributed by atoms with Gasteiger partial charge in [0.25, 0.3) is 0 Å². The Morgan fingerprint density at radius 1 is 1.35 bits per heavy atom. The van der Waals surface area contributed by atoms with Crippen LogP contribution in [0.1, 0.15) is 19.3 Å². The maximum atomic E-state index is 8.64. The average molecular weight is 408 g/mol. The van der Waals surface area contributed by atoms with E-state index in [-0.39, 0.29) is 11.3 Å². The van der Waals surface area contributed by atoms with Crippen molar-refractivity contribution in [1.29, 1.82) is 0 Å². The molecule has 0 heterocycles. The van der Waals surface area contributed by atoms with Gasteiger partial charge in [-0.3, -0.25) is 0 Å². The molecule has 1 aromatic rings. The highest BCUT2D eigenvalue weighted by Gasteiger charge is 2.44. The zero-order valence-corrected chi connectivity index (χ0v) is 14.2. The van der Waals surface area contributed by atoms with Gasteiger partial charge in [-0.05, 0) is 56.8 Å². The first-order valence-electron chi connectivity index (χ1n) is 6.12. The molecular weight excluding hydrogens is 392 g/mol. The average Bonchev–Trinajstić information content (AvgIpc) is 3.19. The fraction of sp³-hybridized carbons (Fsp3) is 0.462. The minimum absolute atomic E-state index is 0.00214. The lowest BCUT2D eigenvalue weighted by Crippen LogP contribution is -2.22. The normalized spacial score (nSPS) is 16.9. The Hall–Kier alpha value is -0.950. The first-order valence-corrected chi connectivity index (χ1v) is 7.70. The number of methoxy groups -OCH3 is 1. The van der Waals surface area contributed by atoms with Crippen molar-refractivity contribution in [2.24, 2.45) is 16.3 Å². The van der Waals surface area contributed by atoms with E-state index >= 15 is 0 Å². The molecule has 0 saturated heterocycles. The van der Waals surface area contributed by atoms with Crippen molar-refractivity contribution < 1.29 is 14.7 Å². The molecule has 1 aliphatic carbocycles. The Morgan fingerprint density at radius 3 is 2.50 bits per heavy atom. The third kappa shape index (κ3) is 3.58. The number of ether oxygens (including phenoxy) is 2. The summed E-state index contributed by atoms with van der Waals surface area (Å²) in [6.07, 6.45) is 2.61. The number of rotatable bonds is 6. The first kappa shape index (κ1) is 15.4. The molecule has 1 aromatic carbocycles. The Kier molecular flexibility index (Phi) is 4.80. The summed E-state index contributed by atoms with van der Waals surface area (Å²) in [5.74, 6) is 1.73. The summed E-state index contributed by atoms with van der Waals surface area (Å²) in [4.78, 5) is 0. The lowest BCUT2D eigenvalue weighted by Gasteiger charge is -2.17. The SMILES string of the molecule is COc1cc(Br)c(OCC2(CC(N)=NO)CC2)cc1Br. The molecule has 0 aliphatic heterocycles. The lowest BCUT2D eigenvalue weighted by molar-refractivity contribution is 0.234. The summed E-state index contributed by atoms with van der Waals surface area (Å²) in [5.41, 5.74) is 5.57. The summed E-state index contributed by atoms with van der Waals surface area (Å²) in [6, 6.07) is 3.71. The Morgan fingerprint density at radius 2 is 1.95 bits per heavy atom. The van der Waals surface area contributed by atoms with E-state index in [1.54, 1.807) is 7.11 Å². The van der Waals surface area contributed by atoms with E-state index in [9.17, 15) is 0 Å². The number of nitrogens with zero attached hydrogens (tertiary/aromatic N) is 1. The molecule has 0 bridgehead atoms. The molecule has 0 radical (unpaired) electrons. The number of halogens is 2. The molecular formula is C13H16Br2N2O3. The van der Waals surface area contributed by atoms with Gasteiger partial charge >= 0.3 is 0 Å². The van der Waals surface area contributed by atoms with E-state index in [0.29, 0.717) is 13.0 Å². The van der Waals surface area contributed by atoms with Crippen LogP contribution in [0.5, 0.6) is 11.5 Å². The van der Waals surface area contributed by atoms with Gasteiger partial charge in [-0.15, -0.1) is 0 Å². The van der Waals surface area contributed by atoms with Crippen molar-refractivity contribution in [2.75, 3.05) is 13.7 Å². The number of hydrogen-bond acceptors (Lipinski definition) is 4. The molecule has 3 N–H and O–H groups in total. The van der Waals surface area contributed by atoms with Gasteiger partial charge in [0.1, 0.15) is 17.3 Å². The minimum atomic E-state index is 0.00214. The molecule has 1 saturated carbocycles. The third-order valence-electron chi connectivity index (χ3n) is 3.38. The van der Waals surface area contributed by atoms with Crippen LogP contribution in [0.2, 0.25) is 0 Å². The van der Waals surface area contributed by atoms with Crippen molar-refractivity contribution in [3.05, 3.63) is 21.1 Å². The van der Waals surface area contributed by atoms with Crippen molar-refractivity contribution in [3.63, 3.8) is 0 Å². The van der Waals surface area contributed by atoms with E-state index in [0.717, 1.165) is 33.3 Å². The number of oxime groups is 1. The highest BCUT2D eigenvalue weighted by atomic mass is 79.9. The maximum absolute atomic E-state index is 8.64. The molecule has 5 nitrogen and oxygen atoms in total. The highest BCUT2D eigenvalue weighted by molar-refractivity contribution is 9.11. The van der Waals surface area contributed by atoms with Crippen LogP contribution in [0.25, 0.3) is 0 Å². The van der Waals surface area contributed by atoms with Crippen molar-refractivity contribution >= 4 is 37.7 Å². The summed E-state index contributed by atoms with van der Waals surface area (Å²) in [7, 11) is 1.61. The number of amidine groups is 1. The standard InChI is InChI=1S/C13H16Br2N2O3/c1-19-10-4-9(15)11(5-8(10)14)20-7-13(2-3-13)6-12(16)17-18/h4-5,18H,2-3,6-7H2,1H3,(H2,16,17). The smallest absolute Gasteiger partial charge is 0.139 e. The molecule has 0 aromatic heterocycles. The molecule has 2 rings (SSSR count). The van der Waals surface area contributed by atoms with Crippen LogP contribution < -0.4 is 15.2 Å². The molecule has 110 valence electrons. The van der Waals surface area contributed by atoms with Gasteiger partial charge in [0.15, 0.2) is 0 Å². The highest BCUT2D eigenvalue weighted by Crippen LogP contribution is 2.49. The molecule has 1 aliphatic rings. The van der Waals surface area contributed by atoms with Crippen LogP contribution in [0.3, 0.4) is 0 Å². The van der Waals surface area contributed by atoms with E-state index in [4.69, 9.17) is 20.4 Å². The number of benzene rings is 1. The summed E-state index contributed by atoms with van der Waals surface area (Å²) in [6.45, 7) is 0.542. The fourth-order valence-corrected chi connectivity index (χ4v) is 2.90. The second kappa shape index (κ2) is 6.22. The lowest BCUT2D eigenvalue weighted by atomic mass is 10.0. The fourth-order valence-electron chi connectivity index (χ4n) is 1.98. The predicted octanol–water partition coefficient (Wildman–Crippen LogP) is 3.52. The van der Waals surface area contributed by atoms with E-state index in [1.165, 1.54) is 0 Å². The molecule has 0 unspecified atom stereocenters. The number of hydrogen-bond donors (Lipinski definition) is 2.